The summed E-state index contributed by atoms with van der Waals surface area (Å²) in [7, 11) is 0. The summed E-state index contributed by atoms with van der Waals surface area (Å²) in [6, 6.07) is 11.7. The van der Waals surface area contributed by atoms with Gasteiger partial charge in [-0.15, -0.1) is 0 Å². The van der Waals surface area contributed by atoms with Gasteiger partial charge in [0.25, 0.3) is 5.91 Å². The van der Waals surface area contributed by atoms with Gasteiger partial charge in [0.2, 0.25) is 0 Å². The van der Waals surface area contributed by atoms with Crippen molar-refractivity contribution in [2.75, 3.05) is 0 Å². The molecule has 1 aromatic heterocycles. The zero-order chi connectivity index (χ0) is 14.5. The highest BCUT2D eigenvalue weighted by molar-refractivity contribution is 6.41. The summed E-state index contributed by atoms with van der Waals surface area (Å²) in [5, 5.41) is 12.1. The van der Waals surface area contributed by atoms with Crippen LogP contribution in [0.15, 0.2) is 42.6 Å². The van der Waals surface area contributed by atoms with Crippen LogP contribution in [0.25, 0.3) is 0 Å². The Hall–Kier alpha value is -2.09. The highest BCUT2D eigenvalue weighted by Crippen LogP contribution is 2.20. The van der Waals surface area contributed by atoms with Crippen molar-refractivity contribution >= 4 is 29.1 Å². The van der Waals surface area contributed by atoms with Crippen molar-refractivity contribution in [3.63, 3.8) is 0 Å². The van der Waals surface area contributed by atoms with Crippen molar-refractivity contribution in [3.8, 4) is 6.07 Å². The number of nitrogens with zero attached hydrogens (tertiary/aromatic N) is 2. The molecular formula is C14H9Cl2N3O. The summed E-state index contributed by atoms with van der Waals surface area (Å²) in [4.78, 5) is 15.8. The molecule has 0 aliphatic heterocycles. The molecule has 1 unspecified atom stereocenters. The van der Waals surface area contributed by atoms with Crippen molar-refractivity contribution in [1.82, 2.24) is 10.3 Å². The number of aromatic nitrogens is 1. The summed E-state index contributed by atoms with van der Waals surface area (Å²) in [5.74, 6) is -0.438. The Morgan fingerprint density at radius 2 is 2.00 bits per heavy atom. The Labute approximate surface area is 126 Å². The number of nitrogens with one attached hydrogen (secondary N) is 1. The van der Waals surface area contributed by atoms with Gasteiger partial charge in [0.05, 0.1) is 16.7 Å². The monoisotopic (exact) mass is 305 g/mol. The van der Waals surface area contributed by atoms with Crippen LogP contribution in [0.4, 0.5) is 0 Å². The highest BCUT2D eigenvalue weighted by Gasteiger charge is 2.16. The van der Waals surface area contributed by atoms with E-state index in [9.17, 15) is 4.79 Å². The van der Waals surface area contributed by atoms with E-state index >= 15 is 0 Å². The van der Waals surface area contributed by atoms with Gasteiger partial charge in [-0.2, -0.15) is 5.26 Å². The summed E-state index contributed by atoms with van der Waals surface area (Å²) in [6.07, 6.45) is 1.31. The van der Waals surface area contributed by atoms with Crippen LogP contribution in [0.1, 0.15) is 22.0 Å². The number of hydrogen-bond acceptors (Lipinski definition) is 3. The summed E-state index contributed by atoms with van der Waals surface area (Å²) >= 11 is 11.5. The van der Waals surface area contributed by atoms with E-state index in [1.165, 1.54) is 12.3 Å². The Kier molecular flexibility index (Phi) is 4.57. The highest BCUT2D eigenvalue weighted by atomic mass is 35.5. The molecule has 6 heteroatoms. The maximum Gasteiger partial charge on any atom is 0.254 e. The lowest BCUT2D eigenvalue weighted by Gasteiger charge is -2.12. The Bertz CT molecular complexity index is 668. The van der Waals surface area contributed by atoms with Crippen molar-refractivity contribution in [2.45, 2.75) is 6.04 Å². The van der Waals surface area contributed by atoms with Gasteiger partial charge < -0.3 is 5.32 Å². The number of halogens is 2. The molecule has 0 fully saturated rings. The molecule has 0 radical (unpaired) electrons. The number of carbonyl (C=O) groups is 1. The predicted molar refractivity (Wildman–Crippen MR) is 76.5 cm³/mol. The molecule has 0 aliphatic rings. The molecular weight excluding hydrogens is 297 g/mol. The largest absolute Gasteiger partial charge is 0.332 e. The number of benzene rings is 1. The number of hydrogen-bond donors (Lipinski definition) is 1. The summed E-state index contributed by atoms with van der Waals surface area (Å²) in [5.41, 5.74) is 0.951. The normalized spacial score (nSPS) is 11.4. The van der Waals surface area contributed by atoms with Crippen LogP contribution < -0.4 is 5.32 Å². The molecule has 1 amide bonds. The smallest absolute Gasteiger partial charge is 0.254 e. The van der Waals surface area contributed by atoms with Crippen molar-refractivity contribution < 1.29 is 4.79 Å². The molecule has 2 aromatic rings. The molecule has 1 N–H and O–H groups in total. The minimum atomic E-state index is -0.738. The SMILES string of the molecule is N#CC(NC(=O)c1cnc(Cl)c(Cl)c1)c1ccccc1. The van der Waals surface area contributed by atoms with Gasteiger partial charge >= 0.3 is 0 Å². The van der Waals surface area contributed by atoms with E-state index in [0.29, 0.717) is 5.56 Å². The fourth-order valence-corrected chi connectivity index (χ4v) is 1.87. The first-order valence-corrected chi connectivity index (χ1v) is 6.44. The fourth-order valence-electron chi connectivity index (χ4n) is 1.60. The molecule has 20 heavy (non-hydrogen) atoms. The lowest BCUT2D eigenvalue weighted by atomic mass is 10.1. The number of carbonyl (C=O) groups excluding carboxylic acids is 1. The molecule has 4 nitrogen and oxygen atoms in total. The van der Waals surface area contributed by atoms with Gasteiger partial charge in [-0.25, -0.2) is 4.98 Å². The maximum absolute atomic E-state index is 12.0. The van der Waals surface area contributed by atoms with Gasteiger partial charge in [-0.3, -0.25) is 4.79 Å². The van der Waals surface area contributed by atoms with Gasteiger partial charge in [0.15, 0.2) is 0 Å². The summed E-state index contributed by atoms with van der Waals surface area (Å²) in [6.45, 7) is 0. The third-order valence-corrected chi connectivity index (χ3v) is 3.28. The van der Waals surface area contributed by atoms with E-state index in [-0.39, 0.29) is 15.7 Å². The van der Waals surface area contributed by atoms with Crippen molar-refractivity contribution in [3.05, 3.63) is 63.9 Å². The van der Waals surface area contributed by atoms with Crippen molar-refractivity contribution in [2.24, 2.45) is 0 Å². The van der Waals surface area contributed by atoms with Gasteiger partial charge in [-0.05, 0) is 11.6 Å². The molecule has 1 aromatic carbocycles. The van der Waals surface area contributed by atoms with Crippen LogP contribution in [-0.4, -0.2) is 10.9 Å². The number of rotatable bonds is 3. The Morgan fingerprint density at radius 3 is 2.60 bits per heavy atom. The number of pyridine rings is 1. The minimum absolute atomic E-state index is 0.128. The maximum atomic E-state index is 12.0. The lowest BCUT2D eigenvalue weighted by Crippen LogP contribution is -2.27. The Morgan fingerprint density at radius 1 is 1.30 bits per heavy atom. The fraction of sp³-hybridized carbons (Fsp3) is 0.0714. The number of nitriles is 1. The van der Waals surface area contributed by atoms with Gasteiger partial charge in [-0.1, -0.05) is 53.5 Å². The first-order valence-electron chi connectivity index (χ1n) is 5.68. The minimum Gasteiger partial charge on any atom is -0.332 e. The molecule has 2 rings (SSSR count). The predicted octanol–water partition coefficient (Wildman–Crippen LogP) is 3.38. The van der Waals surface area contributed by atoms with E-state index in [4.69, 9.17) is 28.5 Å². The molecule has 100 valence electrons. The third-order valence-electron chi connectivity index (χ3n) is 2.60. The van der Waals surface area contributed by atoms with Crippen molar-refractivity contribution in [1.29, 1.82) is 5.26 Å². The first-order chi connectivity index (χ1) is 9.61. The first kappa shape index (κ1) is 14.3. The number of amides is 1. The molecule has 1 heterocycles. The van der Waals surface area contributed by atoms with E-state index in [2.05, 4.69) is 10.3 Å². The van der Waals surface area contributed by atoms with Crippen LogP contribution in [-0.2, 0) is 0 Å². The molecule has 1 atom stereocenters. The van der Waals surface area contributed by atoms with Gasteiger partial charge in [0.1, 0.15) is 11.2 Å². The zero-order valence-corrected chi connectivity index (χ0v) is 11.7. The van der Waals surface area contributed by atoms with Gasteiger partial charge in [0, 0.05) is 6.20 Å². The van der Waals surface area contributed by atoms with E-state index in [1.807, 2.05) is 12.1 Å². The third kappa shape index (κ3) is 3.27. The second kappa shape index (κ2) is 6.38. The van der Waals surface area contributed by atoms with E-state index in [1.54, 1.807) is 24.3 Å². The van der Waals surface area contributed by atoms with Crippen LogP contribution >= 0.6 is 23.2 Å². The molecule has 0 saturated heterocycles. The quantitative estimate of drug-likeness (QED) is 0.884. The lowest BCUT2D eigenvalue weighted by molar-refractivity contribution is 0.0945. The molecule has 0 aliphatic carbocycles. The van der Waals surface area contributed by atoms with Crippen LogP contribution in [0.3, 0.4) is 0 Å². The molecule has 0 spiro atoms. The Balaban J connectivity index is 2.18. The molecule has 0 bridgehead atoms. The molecule has 0 saturated carbocycles. The van der Waals surface area contributed by atoms with Crippen LogP contribution in [0.2, 0.25) is 10.2 Å². The van der Waals surface area contributed by atoms with E-state index < -0.39 is 11.9 Å². The zero-order valence-electron chi connectivity index (χ0n) is 10.2. The van der Waals surface area contributed by atoms with Crippen LogP contribution in [0.5, 0.6) is 0 Å². The average Bonchev–Trinajstić information content (AvgIpc) is 2.48. The average molecular weight is 306 g/mol. The summed E-state index contributed by atoms with van der Waals surface area (Å²) < 4.78 is 0. The standard InChI is InChI=1S/C14H9Cl2N3O/c15-11-6-10(8-18-13(11)16)14(20)19-12(7-17)9-4-2-1-3-5-9/h1-6,8,12H,(H,19,20). The topological polar surface area (TPSA) is 65.8 Å². The van der Waals surface area contributed by atoms with E-state index in [0.717, 1.165) is 0 Å². The second-order valence-corrected chi connectivity index (χ2v) is 4.71. The van der Waals surface area contributed by atoms with Crippen LogP contribution in [0, 0.1) is 11.3 Å². The second-order valence-electron chi connectivity index (χ2n) is 3.94.